The summed E-state index contributed by atoms with van der Waals surface area (Å²) in [6, 6.07) is 13.5. The number of rotatable bonds is 5. The number of carbonyl (C=O) groups is 3. The Morgan fingerprint density at radius 3 is 1.96 bits per heavy atom. The smallest absolute Gasteiger partial charge is 0.308 e. The van der Waals surface area contributed by atoms with Gasteiger partial charge in [0.15, 0.2) is 5.78 Å². The van der Waals surface area contributed by atoms with Crippen LogP contribution in [0, 0.1) is 5.92 Å². The molecule has 0 spiro atoms. The molecule has 1 saturated heterocycles. The Labute approximate surface area is 151 Å². The van der Waals surface area contributed by atoms with Crippen LogP contribution in [-0.2, 0) is 4.79 Å². The molecule has 134 valence electrons. The Bertz CT molecular complexity index is 826. The summed E-state index contributed by atoms with van der Waals surface area (Å²) < 4.78 is 5.71. The summed E-state index contributed by atoms with van der Waals surface area (Å²) in [5.41, 5.74) is 1.11. The van der Waals surface area contributed by atoms with Gasteiger partial charge >= 0.3 is 5.97 Å². The van der Waals surface area contributed by atoms with E-state index in [0.717, 1.165) is 0 Å². The highest BCUT2D eigenvalue weighted by Gasteiger charge is 2.31. The molecule has 1 N–H and O–H groups in total. The molecule has 0 bridgehead atoms. The summed E-state index contributed by atoms with van der Waals surface area (Å²) in [4.78, 5) is 36.3. The maximum absolute atomic E-state index is 12.4. The number of benzene rings is 2. The summed E-state index contributed by atoms with van der Waals surface area (Å²) in [6.07, 6.45) is 0.485. The molecule has 1 fully saturated rings. The SMILES string of the molecule is CC(=O)c1ccc(Oc2ccc(C(=O)N3CCC(C(=O)O)C3)cc2)cc1. The van der Waals surface area contributed by atoms with Gasteiger partial charge in [-0.15, -0.1) is 0 Å². The quantitative estimate of drug-likeness (QED) is 0.835. The third-order valence-corrected chi connectivity index (χ3v) is 4.42. The fraction of sp³-hybridized carbons (Fsp3) is 0.250. The highest BCUT2D eigenvalue weighted by molar-refractivity contribution is 5.95. The van der Waals surface area contributed by atoms with Crippen molar-refractivity contribution in [2.45, 2.75) is 13.3 Å². The summed E-state index contributed by atoms with van der Waals surface area (Å²) in [6.45, 7) is 2.20. The van der Waals surface area contributed by atoms with Crippen LogP contribution in [0.15, 0.2) is 48.5 Å². The number of likely N-dealkylation sites (tertiary alicyclic amines) is 1. The molecular weight excluding hydrogens is 334 g/mol. The van der Waals surface area contributed by atoms with Crippen molar-refractivity contribution in [1.29, 1.82) is 0 Å². The van der Waals surface area contributed by atoms with Crippen LogP contribution in [0.2, 0.25) is 0 Å². The number of hydrogen-bond acceptors (Lipinski definition) is 4. The van der Waals surface area contributed by atoms with Crippen LogP contribution in [-0.4, -0.2) is 40.8 Å². The van der Waals surface area contributed by atoms with Crippen LogP contribution < -0.4 is 4.74 Å². The lowest BCUT2D eigenvalue weighted by atomic mass is 10.1. The van der Waals surface area contributed by atoms with Gasteiger partial charge in [0, 0.05) is 24.2 Å². The maximum Gasteiger partial charge on any atom is 0.308 e. The van der Waals surface area contributed by atoms with E-state index >= 15 is 0 Å². The Hall–Kier alpha value is -3.15. The van der Waals surface area contributed by atoms with Crippen molar-refractivity contribution in [2.24, 2.45) is 5.92 Å². The van der Waals surface area contributed by atoms with Gasteiger partial charge in [0.25, 0.3) is 5.91 Å². The Kier molecular flexibility index (Phi) is 5.02. The predicted molar refractivity (Wildman–Crippen MR) is 94.6 cm³/mol. The van der Waals surface area contributed by atoms with E-state index in [1.54, 1.807) is 53.4 Å². The number of ketones is 1. The maximum atomic E-state index is 12.4. The molecule has 2 aromatic rings. The van der Waals surface area contributed by atoms with Crippen molar-refractivity contribution in [3.8, 4) is 11.5 Å². The molecule has 6 nitrogen and oxygen atoms in total. The van der Waals surface area contributed by atoms with E-state index in [4.69, 9.17) is 9.84 Å². The van der Waals surface area contributed by atoms with Crippen LogP contribution in [0.5, 0.6) is 11.5 Å². The Balaban J connectivity index is 1.64. The monoisotopic (exact) mass is 353 g/mol. The van der Waals surface area contributed by atoms with Crippen molar-refractivity contribution >= 4 is 17.7 Å². The normalized spacial score (nSPS) is 16.3. The van der Waals surface area contributed by atoms with Crippen LogP contribution in [0.1, 0.15) is 34.1 Å². The molecular formula is C20H19NO5. The average Bonchev–Trinajstić information content (AvgIpc) is 3.13. The minimum Gasteiger partial charge on any atom is -0.481 e. The number of carboxylic acid groups (broad SMARTS) is 1. The van der Waals surface area contributed by atoms with Crippen LogP contribution in [0.4, 0.5) is 0 Å². The minimum absolute atomic E-state index is 0.00790. The molecule has 1 amide bonds. The van der Waals surface area contributed by atoms with Crippen LogP contribution in [0.25, 0.3) is 0 Å². The van der Waals surface area contributed by atoms with Gasteiger partial charge in [-0.25, -0.2) is 0 Å². The number of Topliss-reactive ketones (excluding diaryl/α,β-unsaturated/α-hetero) is 1. The van der Waals surface area contributed by atoms with E-state index in [1.807, 2.05) is 0 Å². The Morgan fingerprint density at radius 2 is 1.50 bits per heavy atom. The van der Waals surface area contributed by atoms with Gasteiger partial charge < -0.3 is 14.7 Å². The number of carboxylic acids is 1. The second-order valence-corrected chi connectivity index (χ2v) is 6.28. The molecule has 0 radical (unpaired) electrons. The molecule has 0 aliphatic carbocycles. The van der Waals surface area contributed by atoms with Gasteiger partial charge in [-0.3, -0.25) is 14.4 Å². The number of amides is 1. The van der Waals surface area contributed by atoms with Gasteiger partial charge in [0.2, 0.25) is 0 Å². The second kappa shape index (κ2) is 7.39. The predicted octanol–water partition coefficient (Wildman–Crippen LogP) is 3.23. The molecule has 0 aromatic heterocycles. The third kappa shape index (κ3) is 3.91. The van der Waals surface area contributed by atoms with Crippen LogP contribution in [0.3, 0.4) is 0 Å². The second-order valence-electron chi connectivity index (χ2n) is 6.28. The number of ether oxygens (including phenoxy) is 1. The van der Waals surface area contributed by atoms with Gasteiger partial charge in [0.05, 0.1) is 5.92 Å². The number of nitrogens with zero attached hydrogens (tertiary/aromatic N) is 1. The lowest BCUT2D eigenvalue weighted by Gasteiger charge is -2.16. The fourth-order valence-electron chi connectivity index (χ4n) is 2.89. The standard InChI is InChI=1S/C20H19NO5/c1-13(22)14-2-6-17(7-3-14)26-18-8-4-15(5-9-18)19(23)21-11-10-16(12-21)20(24)25/h2-9,16H,10-12H2,1H3,(H,24,25). The van der Waals surface area contributed by atoms with Crippen molar-refractivity contribution in [1.82, 2.24) is 4.90 Å². The largest absolute Gasteiger partial charge is 0.481 e. The van der Waals surface area contributed by atoms with Crippen molar-refractivity contribution in [2.75, 3.05) is 13.1 Å². The lowest BCUT2D eigenvalue weighted by Crippen LogP contribution is -2.29. The van der Waals surface area contributed by atoms with Crippen molar-refractivity contribution < 1.29 is 24.2 Å². The molecule has 1 unspecified atom stereocenters. The summed E-state index contributed by atoms with van der Waals surface area (Å²) in [5, 5.41) is 9.03. The van der Waals surface area contributed by atoms with Crippen molar-refractivity contribution in [3.63, 3.8) is 0 Å². The number of carbonyl (C=O) groups excluding carboxylic acids is 2. The Morgan fingerprint density at radius 1 is 0.962 bits per heavy atom. The van der Waals surface area contributed by atoms with E-state index in [0.29, 0.717) is 35.6 Å². The van der Waals surface area contributed by atoms with Gasteiger partial charge in [-0.2, -0.15) is 0 Å². The highest BCUT2D eigenvalue weighted by atomic mass is 16.5. The van der Waals surface area contributed by atoms with E-state index < -0.39 is 11.9 Å². The topological polar surface area (TPSA) is 83.9 Å². The molecule has 2 aromatic carbocycles. The van der Waals surface area contributed by atoms with E-state index in [2.05, 4.69) is 0 Å². The molecule has 1 heterocycles. The van der Waals surface area contributed by atoms with Crippen molar-refractivity contribution in [3.05, 3.63) is 59.7 Å². The number of aliphatic carboxylic acids is 1. The van der Waals surface area contributed by atoms with Gasteiger partial charge in [-0.1, -0.05) is 0 Å². The molecule has 1 aliphatic heterocycles. The zero-order valence-corrected chi connectivity index (χ0v) is 14.3. The van der Waals surface area contributed by atoms with Gasteiger partial charge in [-0.05, 0) is 61.9 Å². The fourth-order valence-corrected chi connectivity index (χ4v) is 2.89. The molecule has 1 aliphatic rings. The molecule has 1 atom stereocenters. The summed E-state index contributed by atoms with van der Waals surface area (Å²) >= 11 is 0. The first-order valence-electron chi connectivity index (χ1n) is 8.35. The number of hydrogen-bond donors (Lipinski definition) is 1. The zero-order valence-electron chi connectivity index (χ0n) is 14.3. The molecule has 0 saturated carbocycles. The summed E-state index contributed by atoms with van der Waals surface area (Å²) in [5.74, 6) is -0.364. The molecule has 26 heavy (non-hydrogen) atoms. The average molecular weight is 353 g/mol. The van der Waals surface area contributed by atoms with Gasteiger partial charge in [0.1, 0.15) is 11.5 Å². The van der Waals surface area contributed by atoms with Crippen LogP contribution >= 0.6 is 0 Å². The zero-order chi connectivity index (χ0) is 18.7. The lowest BCUT2D eigenvalue weighted by molar-refractivity contribution is -0.141. The first-order valence-corrected chi connectivity index (χ1v) is 8.35. The van der Waals surface area contributed by atoms with E-state index in [-0.39, 0.29) is 18.2 Å². The first-order chi connectivity index (χ1) is 12.4. The minimum atomic E-state index is -0.861. The summed E-state index contributed by atoms with van der Waals surface area (Å²) in [7, 11) is 0. The molecule has 3 rings (SSSR count). The van der Waals surface area contributed by atoms with E-state index in [9.17, 15) is 14.4 Å². The first kappa shape index (κ1) is 17.7. The highest BCUT2D eigenvalue weighted by Crippen LogP contribution is 2.24. The van der Waals surface area contributed by atoms with E-state index in [1.165, 1.54) is 6.92 Å². The molecule has 6 heteroatoms. The third-order valence-electron chi connectivity index (χ3n) is 4.42.